The Balaban J connectivity index is 1.96. The Kier molecular flexibility index (Phi) is 5.64. The van der Waals surface area contributed by atoms with Crippen molar-refractivity contribution in [3.8, 4) is 5.88 Å². The van der Waals surface area contributed by atoms with Crippen LogP contribution >= 0.6 is 0 Å². The van der Waals surface area contributed by atoms with Gasteiger partial charge in [0.05, 0.1) is 28.9 Å². The number of aromatic hydroxyl groups is 1. The molecule has 0 spiro atoms. The van der Waals surface area contributed by atoms with Gasteiger partial charge in [-0.2, -0.15) is 5.10 Å². The lowest BCUT2D eigenvalue weighted by Gasteiger charge is -2.22. The maximum Gasteiger partial charge on any atom is 0.402 e. The normalized spacial score (nSPS) is 18.4. The van der Waals surface area contributed by atoms with Crippen molar-refractivity contribution in [2.45, 2.75) is 33.7 Å². The van der Waals surface area contributed by atoms with Gasteiger partial charge in [0.15, 0.2) is 0 Å². The van der Waals surface area contributed by atoms with Crippen LogP contribution in [0.15, 0.2) is 22.0 Å². The minimum Gasteiger partial charge on any atom is -0.506 e. The standard InChI is InChI=1S/C19H20N4O8/c1-4-11(26)31-6-5-22-18(29)12(8(2)20-22)14-16(27)15(17(14)28)13-9(3)21-23(19(13)30)7-10(24)25/h4-7H2,1-3H3,(H3,20,21,24,25,27,28,29,30)/p+1. The molecule has 164 valence electrons. The number of hydrogen-bond donors (Lipinski definition) is 4. The molecule has 1 aromatic rings. The van der Waals surface area contributed by atoms with Gasteiger partial charge in [0.2, 0.25) is 11.7 Å². The molecule has 31 heavy (non-hydrogen) atoms. The minimum absolute atomic E-state index is 0.0168. The summed E-state index contributed by atoms with van der Waals surface area (Å²) in [5.74, 6) is -3.75. The van der Waals surface area contributed by atoms with Crippen LogP contribution in [0.5, 0.6) is 5.88 Å². The largest absolute Gasteiger partial charge is 0.506 e. The number of hydrazone groups is 1. The third-order valence-corrected chi connectivity index (χ3v) is 4.77. The molecule has 1 aliphatic heterocycles. The van der Waals surface area contributed by atoms with Crippen LogP contribution in [0.2, 0.25) is 0 Å². The van der Waals surface area contributed by atoms with Crippen molar-refractivity contribution in [1.82, 2.24) is 9.78 Å². The summed E-state index contributed by atoms with van der Waals surface area (Å²) in [6.07, 6.45) is 0.207. The number of carbonyl (C=O) groups is 3. The van der Waals surface area contributed by atoms with E-state index >= 15 is 0 Å². The van der Waals surface area contributed by atoms with E-state index in [2.05, 4.69) is 10.2 Å². The fourth-order valence-electron chi connectivity index (χ4n) is 3.33. The Bertz CT molecular complexity index is 1140. The van der Waals surface area contributed by atoms with Crippen molar-refractivity contribution in [3.63, 3.8) is 0 Å². The number of hydrogen-bond acceptors (Lipinski definition) is 8. The molecule has 0 amide bonds. The van der Waals surface area contributed by atoms with E-state index in [9.17, 15) is 29.7 Å². The summed E-state index contributed by atoms with van der Waals surface area (Å²) < 4.78 is 6.90. The smallest absolute Gasteiger partial charge is 0.402 e. The number of aliphatic hydroxyl groups is 2. The van der Waals surface area contributed by atoms with Crippen molar-refractivity contribution in [1.29, 1.82) is 0 Å². The van der Waals surface area contributed by atoms with Gasteiger partial charge in [0.25, 0.3) is 6.54 Å². The summed E-state index contributed by atoms with van der Waals surface area (Å²) in [6.45, 7) is 4.01. The first-order valence-corrected chi connectivity index (χ1v) is 9.34. The van der Waals surface area contributed by atoms with Gasteiger partial charge >= 0.3 is 17.8 Å². The maximum absolute atomic E-state index is 12.8. The molecule has 4 N–H and O–H groups in total. The number of aryl methyl sites for hydroxylation is 1. The van der Waals surface area contributed by atoms with E-state index in [4.69, 9.17) is 9.84 Å². The molecule has 3 rings (SSSR count). The number of Topliss-reactive ketones (excluding diaryl/α,β-unsaturated/α-hetero) is 1. The molecule has 1 aromatic heterocycles. The number of carbonyl (C=O) groups excluding carboxylic acids is 2. The molecule has 12 heteroatoms. The van der Waals surface area contributed by atoms with Crippen LogP contribution < -0.4 is 0 Å². The van der Waals surface area contributed by atoms with Gasteiger partial charge in [0, 0.05) is 6.42 Å². The number of esters is 1. The lowest BCUT2D eigenvalue weighted by molar-refractivity contribution is -0.527. The number of aliphatic hydroxyl groups excluding tert-OH is 2. The molecule has 2 heterocycles. The molecule has 12 nitrogen and oxygen atoms in total. The van der Waals surface area contributed by atoms with E-state index in [1.807, 2.05) is 0 Å². The highest BCUT2D eigenvalue weighted by molar-refractivity contribution is 6.43. The highest BCUT2D eigenvalue weighted by Gasteiger charge is 2.46. The molecular weight excluding hydrogens is 412 g/mol. The van der Waals surface area contributed by atoms with Crippen LogP contribution in [0.4, 0.5) is 0 Å². The Hall–Kier alpha value is -3.96. The third-order valence-electron chi connectivity index (χ3n) is 4.77. The zero-order chi connectivity index (χ0) is 23.0. The Morgan fingerprint density at radius 2 is 1.81 bits per heavy atom. The first-order chi connectivity index (χ1) is 14.6. The third kappa shape index (κ3) is 3.67. The number of carboxylic acid groups (broad SMARTS) is 1. The highest BCUT2D eigenvalue weighted by atomic mass is 16.5. The van der Waals surface area contributed by atoms with Crippen molar-refractivity contribution in [3.05, 3.63) is 28.2 Å². The zero-order valence-corrected chi connectivity index (χ0v) is 17.0. The summed E-state index contributed by atoms with van der Waals surface area (Å²) in [4.78, 5) is 35.0. The van der Waals surface area contributed by atoms with Crippen LogP contribution in [0.1, 0.15) is 31.5 Å². The summed E-state index contributed by atoms with van der Waals surface area (Å²) in [6, 6.07) is 0. The summed E-state index contributed by atoms with van der Waals surface area (Å²) in [7, 11) is 0. The van der Waals surface area contributed by atoms with Crippen LogP contribution in [0, 0.1) is 6.92 Å². The van der Waals surface area contributed by atoms with Crippen molar-refractivity contribution in [2.24, 2.45) is 5.10 Å². The zero-order valence-electron chi connectivity index (χ0n) is 17.0. The van der Waals surface area contributed by atoms with Crippen LogP contribution in [0.3, 0.4) is 0 Å². The molecule has 0 saturated heterocycles. The lowest BCUT2D eigenvalue weighted by Crippen LogP contribution is -2.28. The second-order valence-corrected chi connectivity index (χ2v) is 6.84. The quantitative estimate of drug-likeness (QED) is 0.270. The Morgan fingerprint density at radius 1 is 1.13 bits per heavy atom. The van der Waals surface area contributed by atoms with Gasteiger partial charge in [-0.15, -0.1) is 0 Å². The highest BCUT2D eigenvalue weighted by Crippen LogP contribution is 2.43. The number of ether oxygens (including phenoxy) is 1. The molecule has 0 bridgehead atoms. The van der Waals surface area contributed by atoms with Crippen LogP contribution in [0.25, 0.3) is 5.57 Å². The number of nitrogens with zero attached hydrogens (tertiary/aromatic N) is 4. The number of aliphatic carboxylic acids is 1. The van der Waals surface area contributed by atoms with Gasteiger partial charge in [-0.3, -0.25) is 9.59 Å². The van der Waals surface area contributed by atoms with Crippen LogP contribution in [-0.4, -0.2) is 77.4 Å². The predicted octanol–water partition coefficient (Wildman–Crippen LogP) is 0.442. The van der Waals surface area contributed by atoms with Gasteiger partial charge in [-0.25, -0.2) is 9.48 Å². The van der Waals surface area contributed by atoms with E-state index in [1.54, 1.807) is 6.92 Å². The van der Waals surface area contributed by atoms with Crippen LogP contribution in [-0.2, 0) is 25.7 Å². The summed E-state index contributed by atoms with van der Waals surface area (Å²) in [5.41, 5.74) is -0.0684. The molecule has 0 saturated carbocycles. The lowest BCUT2D eigenvalue weighted by atomic mass is 9.80. The van der Waals surface area contributed by atoms with Crippen molar-refractivity contribution < 1.29 is 44.2 Å². The fourth-order valence-corrected chi connectivity index (χ4v) is 3.33. The second kappa shape index (κ2) is 8.05. The molecular formula is C19H21N4O8+. The minimum atomic E-state index is -1.24. The molecule has 0 aromatic carbocycles. The monoisotopic (exact) mass is 433 g/mol. The number of allylic oxidation sites excluding steroid dienone is 2. The van der Waals surface area contributed by atoms with Crippen molar-refractivity contribution in [2.75, 3.05) is 13.2 Å². The van der Waals surface area contributed by atoms with E-state index in [0.717, 1.165) is 9.37 Å². The average Bonchev–Trinajstić information content (AvgIpc) is 3.12. The van der Waals surface area contributed by atoms with E-state index in [0.29, 0.717) is 0 Å². The summed E-state index contributed by atoms with van der Waals surface area (Å²) >= 11 is 0. The number of aromatic nitrogens is 2. The Morgan fingerprint density at radius 3 is 2.39 bits per heavy atom. The van der Waals surface area contributed by atoms with E-state index < -0.39 is 35.9 Å². The second-order valence-electron chi connectivity index (χ2n) is 6.84. The predicted molar refractivity (Wildman–Crippen MR) is 105 cm³/mol. The SMILES string of the molecule is CCC(=O)OCCn1nc(C)c(C2=C(O)/C(=C3\C(C)=N[N+](CC(=O)O)=C3O)C2=O)c1O. The van der Waals surface area contributed by atoms with Gasteiger partial charge in [-0.05, 0) is 23.6 Å². The van der Waals surface area contributed by atoms with E-state index in [1.165, 1.54) is 13.8 Å². The van der Waals surface area contributed by atoms with Gasteiger partial charge < -0.3 is 25.2 Å². The first kappa shape index (κ1) is 21.7. The molecule has 0 unspecified atom stereocenters. The number of ketones is 1. The molecule has 2 aliphatic rings. The molecule has 0 atom stereocenters. The molecule has 0 radical (unpaired) electrons. The maximum atomic E-state index is 12.8. The fraction of sp³-hybridized carbons (Fsp3) is 0.368. The molecule has 1 aliphatic carbocycles. The topological polar surface area (TPSA) is 175 Å². The summed E-state index contributed by atoms with van der Waals surface area (Å²) in [5, 5.41) is 48.2. The average molecular weight is 433 g/mol. The number of carboxylic acids is 1. The molecule has 0 fully saturated rings. The van der Waals surface area contributed by atoms with Crippen molar-refractivity contribution >= 4 is 34.9 Å². The number of rotatable bonds is 7. The van der Waals surface area contributed by atoms with Gasteiger partial charge in [0.1, 0.15) is 23.7 Å². The Labute approximate surface area is 175 Å². The van der Waals surface area contributed by atoms with E-state index in [-0.39, 0.29) is 59.1 Å². The first-order valence-electron chi connectivity index (χ1n) is 9.34. The van der Waals surface area contributed by atoms with Gasteiger partial charge in [-0.1, -0.05) is 6.92 Å².